The number of benzene rings is 1. The quantitative estimate of drug-likeness (QED) is 0.860. The van der Waals surface area contributed by atoms with E-state index in [0.29, 0.717) is 22.2 Å². The zero-order chi connectivity index (χ0) is 14.8. The van der Waals surface area contributed by atoms with Gasteiger partial charge in [0.15, 0.2) is 0 Å². The third-order valence-corrected chi connectivity index (χ3v) is 3.97. The lowest BCUT2D eigenvalue weighted by molar-refractivity contribution is 0.0600. The van der Waals surface area contributed by atoms with Crippen molar-refractivity contribution < 1.29 is 13.9 Å². The van der Waals surface area contributed by atoms with E-state index in [4.69, 9.17) is 0 Å². The smallest absolute Gasteiger partial charge is 0.337 e. The number of carbonyl (C=O) groups is 1. The van der Waals surface area contributed by atoms with Gasteiger partial charge in [-0.05, 0) is 31.0 Å². The number of halogens is 1. The summed E-state index contributed by atoms with van der Waals surface area (Å²) in [5.41, 5.74) is 0.715. The van der Waals surface area contributed by atoms with Crippen molar-refractivity contribution in [2.45, 2.75) is 25.3 Å². The Morgan fingerprint density at radius 2 is 2.33 bits per heavy atom. The molecule has 0 unspecified atom stereocenters. The molecule has 1 aromatic carbocycles. The van der Waals surface area contributed by atoms with Crippen molar-refractivity contribution in [3.63, 3.8) is 0 Å². The minimum atomic E-state index is -0.483. The first kappa shape index (κ1) is 13.9. The van der Waals surface area contributed by atoms with Crippen LogP contribution in [0.25, 0.3) is 0 Å². The molecule has 0 saturated heterocycles. The summed E-state index contributed by atoms with van der Waals surface area (Å²) < 4.78 is 22.7. The van der Waals surface area contributed by atoms with Gasteiger partial charge in [-0.25, -0.2) is 14.2 Å². The molecular formula is C14H14FN3O2S. The summed E-state index contributed by atoms with van der Waals surface area (Å²) in [6, 6.07) is 4.15. The largest absolute Gasteiger partial charge is 0.465 e. The van der Waals surface area contributed by atoms with E-state index in [1.54, 1.807) is 0 Å². The van der Waals surface area contributed by atoms with E-state index < -0.39 is 5.97 Å². The van der Waals surface area contributed by atoms with Gasteiger partial charge in [-0.15, -0.1) is 0 Å². The van der Waals surface area contributed by atoms with Gasteiger partial charge in [0.1, 0.15) is 11.6 Å². The summed E-state index contributed by atoms with van der Waals surface area (Å²) >= 11 is 1.27. The van der Waals surface area contributed by atoms with Gasteiger partial charge in [0.2, 0.25) is 5.13 Å². The van der Waals surface area contributed by atoms with E-state index in [9.17, 15) is 9.18 Å². The number of anilines is 1. The van der Waals surface area contributed by atoms with Gasteiger partial charge >= 0.3 is 5.97 Å². The predicted octanol–water partition coefficient (Wildman–Crippen LogP) is 2.95. The topological polar surface area (TPSA) is 64.1 Å². The highest BCUT2D eigenvalue weighted by molar-refractivity contribution is 7.09. The molecule has 1 aromatic heterocycles. The lowest BCUT2D eigenvalue weighted by Gasteiger charge is -2.06. The van der Waals surface area contributed by atoms with E-state index in [2.05, 4.69) is 19.4 Å². The number of aromatic nitrogens is 2. The van der Waals surface area contributed by atoms with E-state index in [-0.39, 0.29) is 12.4 Å². The van der Waals surface area contributed by atoms with Gasteiger partial charge in [0.25, 0.3) is 0 Å². The Bertz CT molecular complexity index is 670. The third-order valence-electron chi connectivity index (χ3n) is 3.28. The summed E-state index contributed by atoms with van der Waals surface area (Å²) in [5, 5.41) is 3.71. The molecule has 0 bridgehead atoms. The molecule has 0 amide bonds. The molecule has 0 aliphatic heterocycles. The zero-order valence-corrected chi connectivity index (χ0v) is 12.2. The van der Waals surface area contributed by atoms with Gasteiger partial charge in [0, 0.05) is 29.6 Å². The van der Waals surface area contributed by atoms with Crippen molar-refractivity contribution in [1.29, 1.82) is 0 Å². The van der Waals surface area contributed by atoms with Crippen molar-refractivity contribution in [3.8, 4) is 0 Å². The van der Waals surface area contributed by atoms with Crippen LogP contribution in [0.15, 0.2) is 18.2 Å². The minimum Gasteiger partial charge on any atom is -0.465 e. The molecule has 110 valence electrons. The van der Waals surface area contributed by atoms with E-state index >= 15 is 0 Å². The molecule has 1 N–H and O–H groups in total. The van der Waals surface area contributed by atoms with Crippen LogP contribution in [0.3, 0.4) is 0 Å². The Kier molecular flexibility index (Phi) is 3.83. The zero-order valence-electron chi connectivity index (χ0n) is 11.4. The fourth-order valence-electron chi connectivity index (χ4n) is 1.94. The van der Waals surface area contributed by atoms with Gasteiger partial charge in [-0.1, -0.05) is 0 Å². The standard InChI is InChI=1S/C14H14FN3O2S/c1-20-13(19)9-4-5-11(15)10(6-9)7-16-14-17-12(18-21-14)8-2-3-8/h4-6,8H,2-3,7H2,1H3,(H,16,17,18). The highest BCUT2D eigenvalue weighted by Crippen LogP contribution is 2.39. The first-order valence-corrected chi connectivity index (χ1v) is 7.39. The Hall–Kier alpha value is -2.02. The second kappa shape index (κ2) is 5.77. The van der Waals surface area contributed by atoms with Crippen LogP contribution >= 0.6 is 11.5 Å². The predicted molar refractivity (Wildman–Crippen MR) is 77.0 cm³/mol. The molecule has 1 saturated carbocycles. The lowest BCUT2D eigenvalue weighted by atomic mass is 10.1. The first-order valence-electron chi connectivity index (χ1n) is 6.61. The average molecular weight is 307 g/mol. The Labute approximate surface area is 125 Å². The number of carbonyl (C=O) groups excluding carboxylic acids is 1. The number of hydrogen-bond donors (Lipinski definition) is 1. The van der Waals surface area contributed by atoms with E-state index in [0.717, 1.165) is 18.7 Å². The lowest BCUT2D eigenvalue weighted by Crippen LogP contribution is -2.06. The van der Waals surface area contributed by atoms with E-state index in [1.165, 1.54) is 36.8 Å². The summed E-state index contributed by atoms with van der Waals surface area (Å²) in [6.45, 7) is 0.246. The Morgan fingerprint density at radius 1 is 1.52 bits per heavy atom. The van der Waals surface area contributed by atoms with Crippen molar-refractivity contribution >= 4 is 22.6 Å². The summed E-state index contributed by atoms with van der Waals surface area (Å²) in [5.74, 6) is 0.507. The van der Waals surface area contributed by atoms with Crippen LogP contribution in [-0.4, -0.2) is 22.4 Å². The molecular weight excluding hydrogens is 293 g/mol. The molecule has 0 radical (unpaired) electrons. The SMILES string of the molecule is COC(=O)c1ccc(F)c(CNc2nc(C3CC3)ns2)c1. The highest BCUT2D eigenvalue weighted by Gasteiger charge is 2.27. The number of esters is 1. The summed E-state index contributed by atoms with van der Waals surface area (Å²) in [7, 11) is 1.30. The van der Waals surface area contributed by atoms with Gasteiger partial charge in [-0.3, -0.25) is 0 Å². The summed E-state index contributed by atoms with van der Waals surface area (Å²) in [4.78, 5) is 15.8. The fraction of sp³-hybridized carbons (Fsp3) is 0.357. The monoisotopic (exact) mass is 307 g/mol. The number of rotatable bonds is 5. The maximum absolute atomic E-state index is 13.8. The third kappa shape index (κ3) is 3.18. The Morgan fingerprint density at radius 3 is 3.05 bits per heavy atom. The van der Waals surface area contributed by atoms with Crippen LogP contribution in [0.5, 0.6) is 0 Å². The molecule has 7 heteroatoms. The first-order chi connectivity index (χ1) is 10.2. The molecule has 1 aliphatic carbocycles. The van der Waals surface area contributed by atoms with Gasteiger partial charge < -0.3 is 10.1 Å². The Balaban J connectivity index is 1.69. The van der Waals surface area contributed by atoms with Crippen LogP contribution in [0, 0.1) is 5.82 Å². The van der Waals surface area contributed by atoms with Crippen molar-refractivity contribution in [1.82, 2.24) is 9.36 Å². The molecule has 3 rings (SSSR count). The maximum atomic E-state index is 13.8. The van der Waals surface area contributed by atoms with Crippen molar-refractivity contribution in [2.24, 2.45) is 0 Å². The highest BCUT2D eigenvalue weighted by atomic mass is 32.1. The van der Waals surface area contributed by atoms with E-state index in [1.807, 2.05) is 0 Å². The number of nitrogens with one attached hydrogen (secondary N) is 1. The molecule has 5 nitrogen and oxygen atoms in total. The van der Waals surface area contributed by atoms with Crippen molar-refractivity contribution in [2.75, 3.05) is 12.4 Å². The number of ether oxygens (including phenoxy) is 1. The molecule has 1 heterocycles. The maximum Gasteiger partial charge on any atom is 0.337 e. The molecule has 0 atom stereocenters. The molecule has 1 fully saturated rings. The number of nitrogens with zero attached hydrogens (tertiary/aromatic N) is 2. The van der Waals surface area contributed by atoms with Crippen LogP contribution in [0.1, 0.15) is 40.5 Å². The number of hydrogen-bond acceptors (Lipinski definition) is 6. The minimum absolute atomic E-state index is 0.246. The molecule has 21 heavy (non-hydrogen) atoms. The average Bonchev–Trinajstić information content (AvgIpc) is 3.25. The van der Waals surface area contributed by atoms with Crippen LogP contribution < -0.4 is 5.32 Å². The molecule has 2 aromatic rings. The molecule has 1 aliphatic rings. The van der Waals surface area contributed by atoms with Crippen molar-refractivity contribution in [3.05, 3.63) is 41.0 Å². The summed E-state index contributed by atoms with van der Waals surface area (Å²) in [6.07, 6.45) is 2.29. The van der Waals surface area contributed by atoms with Crippen LogP contribution in [0.4, 0.5) is 9.52 Å². The van der Waals surface area contributed by atoms with Crippen LogP contribution in [-0.2, 0) is 11.3 Å². The molecule has 0 spiro atoms. The fourth-order valence-corrected chi connectivity index (χ4v) is 2.58. The van der Waals surface area contributed by atoms with Gasteiger partial charge in [-0.2, -0.15) is 4.37 Å². The van der Waals surface area contributed by atoms with Crippen LogP contribution in [0.2, 0.25) is 0 Å². The number of methoxy groups -OCH3 is 1. The second-order valence-corrected chi connectivity index (χ2v) is 5.64. The van der Waals surface area contributed by atoms with Gasteiger partial charge in [0.05, 0.1) is 12.7 Å². The normalized spacial score (nSPS) is 14.0. The second-order valence-electron chi connectivity index (χ2n) is 4.88.